The molecule has 0 fully saturated rings. The number of hydrogen-bond acceptors (Lipinski definition) is 4. The molecule has 1 heterocycles. The van der Waals surface area contributed by atoms with E-state index in [4.69, 9.17) is 14.5 Å². The van der Waals surface area contributed by atoms with Crippen molar-refractivity contribution in [3.63, 3.8) is 0 Å². The summed E-state index contributed by atoms with van der Waals surface area (Å²) in [7, 11) is 1.65. The Bertz CT molecular complexity index is 1480. The van der Waals surface area contributed by atoms with E-state index in [2.05, 4.69) is 81.9 Å². The number of rotatable bonds is 7. The normalized spacial score (nSPS) is 19.6. The zero-order valence-electron chi connectivity index (χ0n) is 21.2. The Balaban J connectivity index is 1.17. The van der Waals surface area contributed by atoms with Gasteiger partial charge < -0.3 is 14.8 Å². The fourth-order valence-corrected chi connectivity index (χ4v) is 6.05. The number of benzene rings is 4. The summed E-state index contributed by atoms with van der Waals surface area (Å²) >= 11 is 3.65. The average molecular weight is 566 g/mol. The molecule has 3 atom stereocenters. The maximum Gasteiger partial charge on any atom is 0.175 e. The van der Waals surface area contributed by atoms with E-state index >= 15 is 0 Å². The van der Waals surface area contributed by atoms with Gasteiger partial charge in [-0.3, -0.25) is 4.99 Å². The molecule has 190 valence electrons. The number of halogens is 1. The molecule has 0 amide bonds. The lowest BCUT2D eigenvalue weighted by atomic mass is 9.77. The Labute approximate surface area is 232 Å². The summed E-state index contributed by atoms with van der Waals surface area (Å²) in [5, 5.41) is 3.80. The van der Waals surface area contributed by atoms with E-state index in [-0.39, 0.29) is 6.04 Å². The Morgan fingerprint density at radius 1 is 0.974 bits per heavy atom. The first-order valence-electron chi connectivity index (χ1n) is 12.9. The highest BCUT2D eigenvalue weighted by Crippen LogP contribution is 2.49. The van der Waals surface area contributed by atoms with Crippen LogP contribution in [0.25, 0.3) is 0 Å². The number of allylic oxidation sites excluding steroid dienone is 2. The highest BCUT2D eigenvalue weighted by molar-refractivity contribution is 9.10. The molecule has 1 aliphatic carbocycles. The fourth-order valence-electron chi connectivity index (χ4n) is 5.47. The van der Waals surface area contributed by atoms with Crippen molar-refractivity contribution in [1.82, 2.24) is 0 Å². The lowest BCUT2D eigenvalue weighted by Gasteiger charge is -2.37. The zero-order valence-corrected chi connectivity index (χ0v) is 22.8. The van der Waals surface area contributed by atoms with Gasteiger partial charge in [-0.15, -0.1) is 0 Å². The highest BCUT2D eigenvalue weighted by Gasteiger charge is 2.37. The third-order valence-corrected chi connectivity index (χ3v) is 7.95. The van der Waals surface area contributed by atoms with Crippen LogP contribution in [0.4, 0.5) is 11.4 Å². The molecule has 1 aliphatic heterocycles. The minimum absolute atomic E-state index is 0.284. The van der Waals surface area contributed by atoms with Crippen molar-refractivity contribution >= 4 is 33.5 Å². The van der Waals surface area contributed by atoms with Crippen LogP contribution in [0.1, 0.15) is 40.6 Å². The SMILES string of the molecule is COc1cc(C=Nc2ccc([C@@H]3Nc4ccccc4[C@@H]4C=CC[C@H]43)cc2)cc(Br)c1OCc1ccccc1. The summed E-state index contributed by atoms with van der Waals surface area (Å²) in [5.74, 6) is 2.35. The number of nitrogens with zero attached hydrogens (tertiary/aromatic N) is 1. The third kappa shape index (κ3) is 4.99. The summed E-state index contributed by atoms with van der Waals surface area (Å²) in [4.78, 5) is 4.73. The van der Waals surface area contributed by atoms with Crippen molar-refractivity contribution in [1.29, 1.82) is 0 Å². The summed E-state index contributed by atoms with van der Waals surface area (Å²) in [5.41, 5.74) is 6.87. The third-order valence-electron chi connectivity index (χ3n) is 7.36. The predicted octanol–water partition coefficient (Wildman–Crippen LogP) is 8.61. The molecule has 0 saturated heterocycles. The number of hydrogen-bond donors (Lipinski definition) is 1. The molecule has 4 aromatic carbocycles. The van der Waals surface area contributed by atoms with Crippen LogP contribution in [0.3, 0.4) is 0 Å². The second kappa shape index (κ2) is 10.9. The van der Waals surface area contributed by atoms with E-state index in [0.29, 0.717) is 29.9 Å². The van der Waals surface area contributed by atoms with Crippen molar-refractivity contribution in [3.05, 3.63) is 130 Å². The number of para-hydroxylation sites is 1. The molecule has 0 radical (unpaired) electrons. The Morgan fingerprint density at radius 3 is 2.58 bits per heavy atom. The van der Waals surface area contributed by atoms with E-state index in [1.54, 1.807) is 7.11 Å². The summed E-state index contributed by atoms with van der Waals surface area (Å²) in [6, 6.07) is 31.6. The van der Waals surface area contributed by atoms with Crippen LogP contribution in [0.15, 0.2) is 113 Å². The van der Waals surface area contributed by atoms with Crippen LogP contribution in [0.5, 0.6) is 11.5 Å². The molecular weight excluding hydrogens is 536 g/mol. The first kappa shape index (κ1) is 24.5. The van der Waals surface area contributed by atoms with Crippen molar-refractivity contribution in [2.24, 2.45) is 10.9 Å². The van der Waals surface area contributed by atoms with Crippen LogP contribution in [-0.2, 0) is 6.61 Å². The Hall–Kier alpha value is -3.83. The van der Waals surface area contributed by atoms with Gasteiger partial charge in [-0.25, -0.2) is 0 Å². The van der Waals surface area contributed by atoms with Crippen LogP contribution in [0.2, 0.25) is 0 Å². The quantitative estimate of drug-likeness (QED) is 0.180. The molecule has 1 N–H and O–H groups in total. The smallest absolute Gasteiger partial charge is 0.175 e. The van der Waals surface area contributed by atoms with Gasteiger partial charge in [-0.1, -0.05) is 72.8 Å². The van der Waals surface area contributed by atoms with E-state index in [1.165, 1.54) is 16.8 Å². The average Bonchev–Trinajstić information content (AvgIpc) is 3.46. The Kier molecular flexibility index (Phi) is 7.02. The second-order valence-electron chi connectivity index (χ2n) is 9.72. The van der Waals surface area contributed by atoms with Gasteiger partial charge in [0.25, 0.3) is 0 Å². The van der Waals surface area contributed by atoms with Crippen LogP contribution < -0.4 is 14.8 Å². The monoisotopic (exact) mass is 564 g/mol. The molecule has 4 nitrogen and oxygen atoms in total. The number of aliphatic imine (C=N–C) groups is 1. The molecule has 38 heavy (non-hydrogen) atoms. The number of ether oxygens (including phenoxy) is 2. The van der Waals surface area contributed by atoms with Crippen molar-refractivity contribution in [2.75, 3.05) is 12.4 Å². The van der Waals surface area contributed by atoms with Crippen molar-refractivity contribution in [3.8, 4) is 11.5 Å². The number of methoxy groups -OCH3 is 1. The molecule has 4 aromatic rings. The van der Waals surface area contributed by atoms with Crippen molar-refractivity contribution in [2.45, 2.75) is 25.0 Å². The standard InChI is InChI=1S/C33H29BrN2O2/c1-37-31-19-23(18-29(34)33(31)38-21-22-8-3-2-4-9-22)20-35-25-16-14-24(15-17-25)32-28-12-7-11-26(28)27-10-5-6-13-30(27)36-32/h2-11,13-20,26,28,32,36H,12,21H2,1H3/t26-,28+,32-/m0/s1. The highest BCUT2D eigenvalue weighted by atomic mass is 79.9. The van der Waals surface area contributed by atoms with E-state index in [0.717, 1.165) is 27.7 Å². The van der Waals surface area contributed by atoms with Gasteiger partial charge in [-0.2, -0.15) is 0 Å². The maximum absolute atomic E-state index is 6.06. The summed E-state index contributed by atoms with van der Waals surface area (Å²) in [6.07, 6.45) is 7.66. The van der Waals surface area contributed by atoms with Gasteiger partial charge in [0.15, 0.2) is 11.5 Å². The zero-order chi connectivity index (χ0) is 25.9. The number of nitrogens with one attached hydrogen (secondary N) is 1. The van der Waals surface area contributed by atoms with Crippen LogP contribution in [-0.4, -0.2) is 13.3 Å². The predicted molar refractivity (Wildman–Crippen MR) is 158 cm³/mol. The van der Waals surface area contributed by atoms with E-state index < -0.39 is 0 Å². The van der Waals surface area contributed by atoms with E-state index in [1.807, 2.05) is 48.7 Å². The Morgan fingerprint density at radius 2 is 1.76 bits per heavy atom. The van der Waals surface area contributed by atoms with Gasteiger partial charge >= 0.3 is 0 Å². The molecule has 6 rings (SSSR count). The molecule has 0 unspecified atom stereocenters. The number of anilines is 1. The summed E-state index contributed by atoms with van der Waals surface area (Å²) in [6.45, 7) is 0.467. The fraction of sp³-hybridized carbons (Fsp3) is 0.182. The van der Waals surface area contributed by atoms with Gasteiger partial charge in [0.1, 0.15) is 6.61 Å². The van der Waals surface area contributed by atoms with Gasteiger partial charge in [0, 0.05) is 17.8 Å². The number of fused-ring (bicyclic) bond motifs is 3. The molecule has 0 spiro atoms. The molecular formula is C33H29BrN2O2. The maximum atomic E-state index is 6.06. The van der Waals surface area contributed by atoms with Crippen LogP contribution in [0, 0.1) is 5.92 Å². The van der Waals surface area contributed by atoms with Crippen LogP contribution >= 0.6 is 15.9 Å². The van der Waals surface area contributed by atoms with Crippen molar-refractivity contribution < 1.29 is 9.47 Å². The lowest BCUT2D eigenvalue weighted by molar-refractivity contribution is 0.282. The van der Waals surface area contributed by atoms with Gasteiger partial charge in [0.05, 0.1) is 23.3 Å². The first-order valence-corrected chi connectivity index (χ1v) is 13.7. The van der Waals surface area contributed by atoms with Gasteiger partial charge in [0.2, 0.25) is 0 Å². The molecule has 5 heteroatoms. The molecule has 0 aromatic heterocycles. The minimum Gasteiger partial charge on any atom is -0.493 e. The molecule has 2 aliphatic rings. The topological polar surface area (TPSA) is 42.8 Å². The minimum atomic E-state index is 0.284. The van der Waals surface area contributed by atoms with E-state index in [9.17, 15) is 0 Å². The lowest BCUT2D eigenvalue weighted by Crippen LogP contribution is -2.28. The first-order chi connectivity index (χ1) is 18.7. The summed E-state index contributed by atoms with van der Waals surface area (Å²) < 4.78 is 12.5. The molecule has 0 saturated carbocycles. The van der Waals surface area contributed by atoms with Gasteiger partial charge in [-0.05, 0) is 80.9 Å². The largest absolute Gasteiger partial charge is 0.493 e. The molecule has 0 bridgehead atoms. The second-order valence-corrected chi connectivity index (χ2v) is 10.6.